The summed E-state index contributed by atoms with van der Waals surface area (Å²) in [6.07, 6.45) is 0. The molecule has 2 N–H and O–H groups in total. The number of amides is 1. The maximum atomic E-state index is 11.5. The molecular formula is C15H11N3O3. The largest absolute Gasteiger partial charge is 0.454 e. The molecule has 0 atom stereocenters. The molecule has 1 aliphatic rings. The van der Waals surface area contributed by atoms with Gasteiger partial charge in [0, 0.05) is 11.5 Å². The Labute approximate surface area is 119 Å². The van der Waals surface area contributed by atoms with Gasteiger partial charge in [0.05, 0.1) is 11.2 Å². The number of hydrogen-bond acceptors (Lipinski definition) is 4. The maximum Gasteiger partial charge on any atom is 0.269 e. The molecule has 2 aromatic carbocycles. The van der Waals surface area contributed by atoms with Gasteiger partial charge in [0.15, 0.2) is 17.2 Å². The minimum absolute atomic E-state index is 0.213. The molecule has 4 rings (SSSR count). The molecule has 0 radical (unpaired) electrons. The highest BCUT2D eigenvalue weighted by Crippen LogP contribution is 2.34. The summed E-state index contributed by atoms with van der Waals surface area (Å²) in [7, 11) is 0. The van der Waals surface area contributed by atoms with Crippen molar-refractivity contribution in [2.75, 3.05) is 6.79 Å². The lowest BCUT2D eigenvalue weighted by atomic mass is 10.2. The second kappa shape index (κ2) is 4.24. The topological polar surface area (TPSA) is 79.4 Å². The summed E-state index contributed by atoms with van der Waals surface area (Å²) < 4.78 is 12.3. The minimum atomic E-state index is -0.550. The molecule has 0 saturated heterocycles. The van der Waals surface area contributed by atoms with E-state index in [9.17, 15) is 4.79 Å². The van der Waals surface area contributed by atoms with E-state index in [0.29, 0.717) is 11.5 Å². The van der Waals surface area contributed by atoms with Gasteiger partial charge < -0.3 is 15.2 Å². The summed E-state index contributed by atoms with van der Waals surface area (Å²) in [5.74, 6) is 0.809. The summed E-state index contributed by atoms with van der Waals surface area (Å²) in [6, 6.07) is 13.0. The summed E-state index contributed by atoms with van der Waals surface area (Å²) >= 11 is 0. The van der Waals surface area contributed by atoms with Crippen molar-refractivity contribution in [1.82, 2.24) is 9.78 Å². The quantitative estimate of drug-likeness (QED) is 0.777. The predicted molar refractivity (Wildman–Crippen MR) is 75.7 cm³/mol. The lowest BCUT2D eigenvalue weighted by Gasteiger charge is -2.04. The normalized spacial score (nSPS) is 12.8. The fourth-order valence-electron chi connectivity index (χ4n) is 2.46. The zero-order chi connectivity index (χ0) is 14.4. The number of benzene rings is 2. The average Bonchev–Trinajstić information content (AvgIpc) is 3.10. The summed E-state index contributed by atoms with van der Waals surface area (Å²) in [4.78, 5) is 11.5. The van der Waals surface area contributed by atoms with Crippen LogP contribution in [0.25, 0.3) is 16.6 Å². The van der Waals surface area contributed by atoms with Crippen LogP contribution < -0.4 is 15.2 Å². The summed E-state index contributed by atoms with van der Waals surface area (Å²) in [6.45, 7) is 0.213. The van der Waals surface area contributed by atoms with Crippen LogP contribution in [0.1, 0.15) is 10.5 Å². The fourth-order valence-corrected chi connectivity index (χ4v) is 2.46. The average molecular weight is 281 g/mol. The van der Waals surface area contributed by atoms with E-state index >= 15 is 0 Å². The monoisotopic (exact) mass is 281 g/mol. The molecule has 1 amide bonds. The molecule has 0 bridgehead atoms. The molecule has 0 fully saturated rings. The van der Waals surface area contributed by atoms with Gasteiger partial charge in [0.25, 0.3) is 5.91 Å². The van der Waals surface area contributed by atoms with Crippen LogP contribution >= 0.6 is 0 Å². The third-order valence-electron chi connectivity index (χ3n) is 3.42. The van der Waals surface area contributed by atoms with E-state index in [4.69, 9.17) is 15.2 Å². The smallest absolute Gasteiger partial charge is 0.269 e. The van der Waals surface area contributed by atoms with Crippen LogP contribution in [-0.2, 0) is 0 Å². The van der Waals surface area contributed by atoms with Crippen molar-refractivity contribution >= 4 is 16.8 Å². The highest BCUT2D eigenvalue weighted by molar-refractivity contribution is 6.04. The number of nitrogens with two attached hydrogens (primary N) is 1. The summed E-state index contributed by atoms with van der Waals surface area (Å²) in [5.41, 5.74) is 7.25. The number of fused-ring (bicyclic) bond motifs is 2. The van der Waals surface area contributed by atoms with E-state index in [2.05, 4.69) is 5.10 Å². The molecule has 0 aliphatic carbocycles. The number of primary amides is 1. The fraction of sp³-hybridized carbons (Fsp3) is 0.0667. The minimum Gasteiger partial charge on any atom is -0.454 e. The zero-order valence-corrected chi connectivity index (χ0v) is 10.9. The third-order valence-corrected chi connectivity index (χ3v) is 3.42. The van der Waals surface area contributed by atoms with E-state index in [-0.39, 0.29) is 12.5 Å². The number of carbonyl (C=O) groups excluding carboxylic acids is 1. The van der Waals surface area contributed by atoms with Crippen molar-refractivity contribution in [3.8, 4) is 17.2 Å². The number of ether oxygens (including phenoxy) is 2. The lowest BCUT2D eigenvalue weighted by Crippen LogP contribution is -2.12. The highest BCUT2D eigenvalue weighted by atomic mass is 16.7. The maximum absolute atomic E-state index is 11.5. The zero-order valence-electron chi connectivity index (χ0n) is 10.9. The first-order valence-electron chi connectivity index (χ1n) is 6.41. The molecule has 1 aliphatic heterocycles. The van der Waals surface area contributed by atoms with E-state index < -0.39 is 5.91 Å². The molecular weight excluding hydrogens is 270 g/mol. The number of aromatic nitrogens is 2. The molecule has 0 unspecified atom stereocenters. The van der Waals surface area contributed by atoms with Gasteiger partial charge in [-0.3, -0.25) is 4.79 Å². The highest BCUT2D eigenvalue weighted by Gasteiger charge is 2.18. The van der Waals surface area contributed by atoms with E-state index in [1.807, 2.05) is 42.5 Å². The van der Waals surface area contributed by atoms with Crippen molar-refractivity contribution in [2.24, 2.45) is 5.73 Å². The van der Waals surface area contributed by atoms with Crippen molar-refractivity contribution in [3.63, 3.8) is 0 Å². The Morgan fingerprint density at radius 3 is 2.81 bits per heavy atom. The molecule has 0 saturated carbocycles. The Kier molecular flexibility index (Phi) is 2.38. The van der Waals surface area contributed by atoms with Gasteiger partial charge in [-0.2, -0.15) is 5.10 Å². The number of para-hydroxylation sites is 1. The van der Waals surface area contributed by atoms with Crippen LogP contribution in [0.2, 0.25) is 0 Å². The van der Waals surface area contributed by atoms with Crippen LogP contribution in [0, 0.1) is 0 Å². The van der Waals surface area contributed by atoms with Crippen LogP contribution in [0.3, 0.4) is 0 Å². The van der Waals surface area contributed by atoms with E-state index in [1.54, 1.807) is 4.68 Å². The van der Waals surface area contributed by atoms with Gasteiger partial charge >= 0.3 is 0 Å². The van der Waals surface area contributed by atoms with Gasteiger partial charge in [0.1, 0.15) is 0 Å². The van der Waals surface area contributed by atoms with Gasteiger partial charge in [-0.15, -0.1) is 0 Å². The number of rotatable bonds is 2. The SMILES string of the molecule is NC(=O)c1nn(-c2ccc3c(c2)OCO3)c2ccccc12. The van der Waals surface area contributed by atoms with E-state index in [0.717, 1.165) is 16.6 Å². The molecule has 104 valence electrons. The van der Waals surface area contributed by atoms with Crippen molar-refractivity contribution in [1.29, 1.82) is 0 Å². The molecule has 3 aromatic rings. The third kappa shape index (κ3) is 1.73. The molecule has 6 nitrogen and oxygen atoms in total. The van der Waals surface area contributed by atoms with Crippen LogP contribution in [0.4, 0.5) is 0 Å². The first kappa shape index (κ1) is 11.8. The van der Waals surface area contributed by atoms with Crippen molar-refractivity contribution < 1.29 is 14.3 Å². The Bertz CT molecular complexity index is 870. The number of hydrogen-bond donors (Lipinski definition) is 1. The Morgan fingerprint density at radius 2 is 1.95 bits per heavy atom. The molecule has 0 spiro atoms. The Hall–Kier alpha value is -3.02. The number of nitrogens with zero attached hydrogens (tertiary/aromatic N) is 2. The molecule has 6 heteroatoms. The van der Waals surface area contributed by atoms with Crippen molar-refractivity contribution in [3.05, 3.63) is 48.2 Å². The first-order chi connectivity index (χ1) is 10.2. The molecule has 1 aromatic heterocycles. The van der Waals surface area contributed by atoms with Gasteiger partial charge in [-0.05, 0) is 18.2 Å². The van der Waals surface area contributed by atoms with Gasteiger partial charge in [-0.25, -0.2) is 4.68 Å². The molecule has 21 heavy (non-hydrogen) atoms. The van der Waals surface area contributed by atoms with Crippen LogP contribution in [-0.4, -0.2) is 22.5 Å². The second-order valence-electron chi connectivity index (χ2n) is 4.68. The van der Waals surface area contributed by atoms with E-state index in [1.165, 1.54) is 0 Å². The number of carbonyl (C=O) groups is 1. The van der Waals surface area contributed by atoms with Crippen LogP contribution in [0.5, 0.6) is 11.5 Å². The second-order valence-corrected chi connectivity index (χ2v) is 4.68. The first-order valence-corrected chi connectivity index (χ1v) is 6.41. The lowest BCUT2D eigenvalue weighted by molar-refractivity contribution is 0.0996. The van der Waals surface area contributed by atoms with Gasteiger partial charge in [-0.1, -0.05) is 18.2 Å². The Balaban J connectivity index is 1.96. The summed E-state index contributed by atoms with van der Waals surface area (Å²) in [5, 5.41) is 5.06. The molecule has 2 heterocycles. The van der Waals surface area contributed by atoms with Crippen molar-refractivity contribution in [2.45, 2.75) is 0 Å². The van der Waals surface area contributed by atoms with Crippen LogP contribution in [0.15, 0.2) is 42.5 Å². The standard InChI is InChI=1S/C15H11N3O3/c16-15(19)14-10-3-1-2-4-11(10)18(17-14)9-5-6-12-13(7-9)21-8-20-12/h1-7H,8H2,(H2,16,19). The van der Waals surface area contributed by atoms with Gasteiger partial charge in [0.2, 0.25) is 6.79 Å². The predicted octanol–water partition coefficient (Wildman–Crippen LogP) is 1.85. The Morgan fingerprint density at radius 1 is 1.14 bits per heavy atom.